The maximum absolute atomic E-state index is 12.6. The van der Waals surface area contributed by atoms with E-state index in [1.165, 1.54) is 7.11 Å². The number of ether oxygens (including phenoxy) is 1. The summed E-state index contributed by atoms with van der Waals surface area (Å²) in [4.78, 5) is 25.4. The Labute approximate surface area is 136 Å². The molecule has 1 atom stereocenters. The van der Waals surface area contributed by atoms with E-state index in [0.717, 1.165) is 17.5 Å². The van der Waals surface area contributed by atoms with Crippen LogP contribution in [-0.2, 0) is 20.9 Å². The van der Waals surface area contributed by atoms with Gasteiger partial charge in [-0.25, -0.2) is 0 Å². The van der Waals surface area contributed by atoms with Gasteiger partial charge in [-0.15, -0.1) is 0 Å². The molecule has 0 radical (unpaired) electrons. The Kier molecular flexibility index (Phi) is 5.74. The second-order valence-electron chi connectivity index (χ2n) is 6.03. The summed E-state index contributed by atoms with van der Waals surface area (Å²) >= 11 is 0. The van der Waals surface area contributed by atoms with E-state index < -0.39 is 11.6 Å². The molecule has 1 aromatic carbocycles. The largest absolute Gasteiger partial charge is 0.468 e. The van der Waals surface area contributed by atoms with Gasteiger partial charge in [-0.05, 0) is 25.3 Å². The molecule has 0 spiro atoms. The number of methoxy groups -OCH3 is 1. The molecule has 1 aromatic rings. The van der Waals surface area contributed by atoms with Gasteiger partial charge in [0, 0.05) is 19.6 Å². The monoisotopic (exact) mass is 320 g/mol. The van der Waals surface area contributed by atoms with E-state index in [2.05, 4.69) is 10.1 Å². The summed E-state index contributed by atoms with van der Waals surface area (Å²) < 4.78 is 4.53. The van der Waals surface area contributed by atoms with Gasteiger partial charge in [-0.2, -0.15) is 0 Å². The minimum Gasteiger partial charge on any atom is -0.468 e. The smallest absolute Gasteiger partial charge is 0.319 e. The zero-order valence-electron chi connectivity index (χ0n) is 13.7. The number of aliphatic hydroxyl groups is 1. The maximum atomic E-state index is 12.6. The van der Waals surface area contributed by atoms with E-state index in [4.69, 9.17) is 0 Å². The minimum atomic E-state index is -1.46. The van der Waals surface area contributed by atoms with Crippen LogP contribution in [0.25, 0.3) is 0 Å². The second kappa shape index (κ2) is 7.57. The van der Waals surface area contributed by atoms with E-state index in [-0.39, 0.29) is 19.0 Å². The van der Waals surface area contributed by atoms with Crippen molar-refractivity contribution >= 4 is 11.9 Å². The van der Waals surface area contributed by atoms with Crippen molar-refractivity contribution in [3.63, 3.8) is 0 Å². The van der Waals surface area contributed by atoms with Crippen molar-refractivity contribution in [2.75, 3.05) is 26.7 Å². The Morgan fingerprint density at radius 3 is 2.96 bits per heavy atom. The number of hydrogen-bond acceptors (Lipinski definition) is 5. The van der Waals surface area contributed by atoms with Crippen LogP contribution in [0.2, 0.25) is 0 Å². The first-order valence-electron chi connectivity index (χ1n) is 7.79. The number of nitrogens with zero attached hydrogens (tertiary/aromatic N) is 1. The number of carbonyl (C=O) groups is 2. The van der Waals surface area contributed by atoms with Crippen LogP contribution in [0.5, 0.6) is 0 Å². The zero-order valence-corrected chi connectivity index (χ0v) is 13.7. The fourth-order valence-corrected chi connectivity index (χ4v) is 2.85. The number of hydrogen-bond donors (Lipinski definition) is 2. The van der Waals surface area contributed by atoms with Crippen molar-refractivity contribution in [1.82, 2.24) is 10.2 Å². The Morgan fingerprint density at radius 2 is 2.26 bits per heavy atom. The number of nitrogens with one attached hydrogen (secondary N) is 1. The lowest BCUT2D eigenvalue weighted by atomic mass is 9.91. The molecule has 0 saturated carbocycles. The molecule has 6 heteroatoms. The van der Waals surface area contributed by atoms with Gasteiger partial charge in [0.2, 0.25) is 0 Å². The highest BCUT2D eigenvalue weighted by molar-refractivity contribution is 5.86. The molecule has 1 aliphatic heterocycles. The first kappa shape index (κ1) is 17.4. The minimum absolute atomic E-state index is 0.0238. The lowest BCUT2D eigenvalue weighted by Gasteiger charge is -2.38. The van der Waals surface area contributed by atoms with E-state index in [1.807, 2.05) is 31.2 Å². The van der Waals surface area contributed by atoms with Crippen LogP contribution in [0.4, 0.5) is 0 Å². The fraction of sp³-hybridized carbons (Fsp3) is 0.529. The standard InChI is InChI=1S/C17H24N2O4/c1-13-5-3-6-14(9-13)11-19-8-4-7-17(22,16(19)21)12-18-10-15(20)23-2/h3,5-6,9,18,22H,4,7-8,10-12H2,1-2H3/t17-/m0/s1. The molecule has 1 fully saturated rings. The number of esters is 1. The predicted octanol–water partition coefficient (Wildman–Crippen LogP) is 0.611. The van der Waals surface area contributed by atoms with Crippen LogP contribution < -0.4 is 5.32 Å². The molecule has 0 bridgehead atoms. The van der Waals surface area contributed by atoms with Gasteiger partial charge in [0.15, 0.2) is 5.60 Å². The van der Waals surface area contributed by atoms with Crippen molar-refractivity contribution in [1.29, 1.82) is 0 Å². The Hall–Kier alpha value is -1.92. The molecular formula is C17H24N2O4. The van der Waals surface area contributed by atoms with Gasteiger partial charge in [0.1, 0.15) is 0 Å². The van der Waals surface area contributed by atoms with Crippen molar-refractivity contribution in [3.8, 4) is 0 Å². The average molecular weight is 320 g/mol. The van der Waals surface area contributed by atoms with Gasteiger partial charge < -0.3 is 20.1 Å². The van der Waals surface area contributed by atoms with Crippen LogP contribution in [-0.4, -0.2) is 54.2 Å². The summed E-state index contributed by atoms with van der Waals surface area (Å²) in [5, 5.41) is 13.4. The van der Waals surface area contributed by atoms with Crippen molar-refractivity contribution in [3.05, 3.63) is 35.4 Å². The average Bonchev–Trinajstić information content (AvgIpc) is 2.52. The number of carbonyl (C=O) groups excluding carboxylic acids is 2. The second-order valence-corrected chi connectivity index (χ2v) is 6.03. The molecule has 0 aromatic heterocycles. The summed E-state index contributed by atoms with van der Waals surface area (Å²) in [7, 11) is 1.30. The first-order chi connectivity index (χ1) is 10.9. The van der Waals surface area contributed by atoms with Crippen LogP contribution in [0.3, 0.4) is 0 Å². The molecule has 0 unspecified atom stereocenters. The van der Waals surface area contributed by atoms with Gasteiger partial charge >= 0.3 is 5.97 Å². The number of benzene rings is 1. The molecule has 23 heavy (non-hydrogen) atoms. The van der Waals surface area contributed by atoms with Crippen LogP contribution in [0.1, 0.15) is 24.0 Å². The molecule has 1 saturated heterocycles. The normalized spacial score (nSPS) is 21.3. The van der Waals surface area contributed by atoms with Gasteiger partial charge in [0.25, 0.3) is 5.91 Å². The Morgan fingerprint density at radius 1 is 1.48 bits per heavy atom. The van der Waals surface area contributed by atoms with Crippen LogP contribution in [0, 0.1) is 6.92 Å². The lowest BCUT2D eigenvalue weighted by Crippen LogP contribution is -2.58. The van der Waals surface area contributed by atoms with Crippen molar-refractivity contribution in [2.45, 2.75) is 31.9 Å². The number of aryl methyl sites for hydroxylation is 1. The third kappa shape index (κ3) is 4.53. The van der Waals surface area contributed by atoms with Gasteiger partial charge in [0.05, 0.1) is 13.7 Å². The highest BCUT2D eigenvalue weighted by Gasteiger charge is 2.41. The topological polar surface area (TPSA) is 78.9 Å². The van der Waals surface area contributed by atoms with Gasteiger partial charge in [-0.3, -0.25) is 9.59 Å². The fourth-order valence-electron chi connectivity index (χ4n) is 2.85. The molecule has 1 heterocycles. The molecular weight excluding hydrogens is 296 g/mol. The molecule has 0 aliphatic carbocycles. The van der Waals surface area contributed by atoms with E-state index in [9.17, 15) is 14.7 Å². The highest BCUT2D eigenvalue weighted by atomic mass is 16.5. The summed E-state index contributed by atoms with van der Waals surface area (Å²) in [5.74, 6) is -0.712. The maximum Gasteiger partial charge on any atom is 0.319 e. The molecule has 126 valence electrons. The van der Waals surface area contributed by atoms with Gasteiger partial charge in [-0.1, -0.05) is 29.8 Å². The molecule has 6 nitrogen and oxygen atoms in total. The van der Waals surface area contributed by atoms with E-state index >= 15 is 0 Å². The predicted molar refractivity (Wildman–Crippen MR) is 85.7 cm³/mol. The van der Waals surface area contributed by atoms with Crippen LogP contribution in [0.15, 0.2) is 24.3 Å². The summed E-state index contributed by atoms with van der Waals surface area (Å²) in [5.41, 5.74) is 0.725. The lowest BCUT2D eigenvalue weighted by molar-refractivity contribution is -0.157. The summed E-state index contributed by atoms with van der Waals surface area (Å²) in [6.45, 7) is 3.15. The number of likely N-dealkylation sites (tertiary alicyclic amines) is 1. The summed E-state index contributed by atoms with van der Waals surface area (Å²) in [6.07, 6.45) is 1.12. The van der Waals surface area contributed by atoms with Crippen molar-refractivity contribution < 1.29 is 19.4 Å². The number of piperidine rings is 1. The third-order valence-electron chi connectivity index (χ3n) is 4.07. The SMILES string of the molecule is COC(=O)CNC[C@@]1(O)CCCN(Cc2cccc(C)c2)C1=O. The summed E-state index contributed by atoms with van der Waals surface area (Å²) in [6, 6.07) is 7.98. The zero-order chi connectivity index (χ0) is 16.9. The number of amides is 1. The van der Waals surface area contributed by atoms with E-state index in [1.54, 1.807) is 4.90 Å². The molecule has 2 N–H and O–H groups in total. The first-order valence-corrected chi connectivity index (χ1v) is 7.79. The van der Waals surface area contributed by atoms with Crippen LogP contribution >= 0.6 is 0 Å². The molecule has 2 rings (SSSR count). The Balaban J connectivity index is 1.98. The van der Waals surface area contributed by atoms with E-state index in [0.29, 0.717) is 19.5 Å². The number of rotatable bonds is 6. The molecule has 1 aliphatic rings. The molecule has 1 amide bonds. The van der Waals surface area contributed by atoms with Crippen molar-refractivity contribution in [2.24, 2.45) is 0 Å². The Bertz CT molecular complexity index is 575. The third-order valence-corrected chi connectivity index (χ3v) is 4.07. The highest BCUT2D eigenvalue weighted by Crippen LogP contribution is 2.24. The quantitative estimate of drug-likeness (QED) is 0.751.